The number of fused-ring (bicyclic) bond motifs is 1. The Balaban J connectivity index is 1.57. The van der Waals surface area contributed by atoms with Crippen molar-refractivity contribution in [2.45, 2.75) is 30.5 Å². The maximum Gasteiger partial charge on any atom is 0.418 e. The fourth-order valence-corrected chi connectivity index (χ4v) is 4.98. The van der Waals surface area contributed by atoms with Gasteiger partial charge in [-0.05, 0) is 78.4 Å². The van der Waals surface area contributed by atoms with Crippen molar-refractivity contribution >= 4 is 20.7 Å². The first-order chi connectivity index (χ1) is 17.6. The first-order valence-electron chi connectivity index (χ1n) is 11.9. The number of alkyl halides is 3. The van der Waals surface area contributed by atoms with Crippen LogP contribution in [0.1, 0.15) is 24.0 Å². The smallest absolute Gasteiger partial charge is 0.418 e. The summed E-state index contributed by atoms with van der Waals surface area (Å²) in [7, 11) is -3.41. The molecule has 0 spiro atoms. The van der Waals surface area contributed by atoms with Gasteiger partial charge < -0.3 is 10.1 Å². The van der Waals surface area contributed by atoms with Gasteiger partial charge in [0.25, 0.3) is 0 Å². The molecule has 9 heteroatoms. The van der Waals surface area contributed by atoms with Crippen LogP contribution in [-0.2, 0) is 22.6 Å². The highest BCUT2D eigenvalue weighted by Gasteiger charge is 2.33. The van der Waals surface area contributed by atoms with Crippen LogP contribution in [0.25, 0.3) is 22.0 Å². The molecule has 4 aromatic rings. The van der Waals surface area contributed by atoms with Gasteiger partial charge in [0.05, 0.1) is 16.0 Å². The normalized spacial score (nSPS) is 14.2. The van der Waals surface area contributed by atoms with Crippen molar-refractivity contribution in [1.82, 2.24) is 10.3 Å². The van der Waals surface area contributed by atoms with Gasteiger partial charge in [-0.3, -0.25) is 4.98 Å². The number of hydrogen-bond donors (Lipinski definition) is 1. The second-order valence-corrected chi connectivity index (χ2v) is 11.3. The maximum atomic E-state index is 13.8. The molecular formula is C28H25F3N2O3S. The molecule has 1 aromatic heterocycles. The third-order valence-corrected chi connectivity index (χ3v) is 7.43. The van der Waals surface area contributed by atoms with Gasteiger partial charge >= 0.3 is 6.18 Å². The molecular weight excluding hydrogens is 501 g/mol. The number of benzene rings is 3. The Labute approximate surface area is 213 Å². The zero-order valence-electron chi connectivity index (χ0n) is 20.0. The van der Waals surface area contributed by atoms with Crippen LogP contribution in [0.2, 0.25) is 0 Å². The molecule has 0 saturated heterocycles. The predicted octanol–water partition coefficient (Wildman–Crippen LogP) is 6.62. The molecule has 1 fully saturated rings. The molecule has 0 amide bonds. The highest BCUT2D eigenvalue weighted by molar-refractivity contribution is 7.90. The van der Waals surface area contributed by atoms with Gasteiger partial charge in [0.2, 0.25) is 0 Å². The second kappa shape index (κ2) is 9.79. The van der Waals surface area contributed by atoms with E-state index in [0.717, 1.165) is 24.4 Å². The summed E-state index contributed by atoms with van der Waals surface area (Å²) in [5.74, 6) is 1.41. The molecule has 1 N–H and O–H groups in total. The Bertz CT molecular complexity index is 1560. The minimum absolute atomic E-state index is 0.108. The molecule has 1 aliphatic rings. The fourth-order valence-electron chi connectivity index (χ4n) is 4.32. The Morgan fingerprint density at radius 2 is 1.70 bits per heavy atom. The monoisotopic (exact) mass is 526 g/mol. The van der Waals surface area contributed by atoms with E-state index in [2.05, 4.69) is 10.3 Å². The van der Waals surface area contributed by atoms with Crippen LogP contribution in [0.4, 0.5) is 13.2 Å². The first kappa shape index (κ1) is 25.2. The van der Waals surface area contributed by atoms with E-state index >= 15 is 0 Å². The van der Waals surface area contributed by atoms with Gasteiger partial charge in [0, 0.05) is 24.4 Å². The van der Waals surface area contributed by atoms with E-state index in [-0.39, 0.29) is 10.4 Å². The lowest BCUT2D eigenvalue weighted by Crippen LogP contribution is -2.17. The zero-order valence-corrected chi connectivity index (χ0v) is 20.9. The average Bonchev–Trinajstić information content (AvgIpc) is 3.67. The van der Waals surface area contributed by atoms with Crippen molar-refractivity contribution in [2.75, 3.05) is 12.8 Å². The molecule has 0 unspecified atom stereocenters. The molecule has 192 valence electrons. The van der Waals surface area contributed by atoms with Crippen LogP contribution in [0, 0.1) is 5.92 Å². The number of para-hydroxylation sites is 1. The van der Waals surface area contributed by atoms with E-state index in [1.807, 2.05) is 6.07 Å². The number of sulfone groups is 1. The summed E-state index contributed by atoms with van der Waals surface area (Å²) in [4.78, 5) is 4.35. The SMILES string of the molecule is CS(=O)(=O)c1cccc(Oc2cccc(-c3c(CNCC4CC4)cnc4c(C(F)(F)F)cccc34)c2)c1. The highest BCUT2D eigenvalue weighted by Crippen LogP contribution is 2.39. The number of rotatable bonds is 8. The molecule has 37 heavy (non-hydrogen) atoms. The van der Waals surface area contributed by atoms with Crippen LogP contribution in [0.15, 0.2) is 77.8 Å². The summed E-state index contributed by atoms with van der Waals surface area (Å²) in [6, 6.07) is 17.3. The van der Waals surface area contributed by atoms with Crippen LogP contribution in [0.3, 0.4) is 0 Å². The number of aromatic nitrogens is 1. The van der Waals surface area contributed by atoms with Crippen LogP contribution in [-0.4, -0.2) is 26.2 Å². The van der Waals surface area contributed by atoms with Crippen molar-refractivity contribution in [3.05, 3.63) is 84.1 Å². The number of nitrogens with zero attached hydrogens (tertiary/aromatic N) is 1. The minimum atomic E-state index is -4.54. The van der Waals surface area contributed by atoms with E-state index in [1.54, 1.807) is 36.4 Å². The van der Waals surface area contributed by atoms with Gasteiger partial charge in [-0.1, -0.05) is 30.3 Å². The average molecular weight is 527 g/mol. The highest BCUT2D eigenvalue weighted by atomic mass is 32.2. The summed E-state index contributed by atoms with van der Waals surface area (Å²) in [5.41, 5.74) is 1.21. The fraction of sp³-hybridized carbons (Fsp3) is 0.250. The molecule has 0 atom stereocenters. The van der Waals surface area contributed by atoms with Crippen LogP contribution < -0.4 is 10.1 Å². The molecule has 5 rings (SSSR count). The number of nitrogens with one attached hydrogen (secondary N) is 1. The van der Waals surface area contributed by atoms with E-state index < -0.39 is 21.6 Å². The predicted molar refractivity (Wildman–Crippen MR) is 136 cm³/mol. The summed E-state index contributed by atoms with van der Waals surface area (Å²) >= 11 is 0. The van der Waals surface area contributed by atoms with E-state index in [0.29, 0.717) is 40.5 Å². The topological polar surface area (TPSA) is 68.3 Å². The van der Waals surface area contributed by atoms with Gasteiger partial charge in [0.1, 0.15) is 11.5 Å². The summed E-state index contributed by atoms with van der Waals surface area (Å²) < 4.78 is 71.1. The standard InChI is InChI=1S/C28H25F3N2O3S/c1-37(34,35)23-8-3-7-22(14-23)36-21-6-2-5-19(13-21)26-20(16-32-15-18-11-12-18)17-33-27-24(26)9-4-10-25(27)28(29,30)31/h2-10,13-14,17-18,32H,11-12,15-16H2,1H3. The van der Waals surface area contributed by atoms with Gasteiger partial charge in [-0.25, -0.2) is 8.42 Å². The van der Waals surface area contributed by atoms with Gasteiger partial charge in [-0.2, -0.15) is 13.2 Å². The lowest BCUT2D eigenvalue weighted by atomic mass is 9.94. The van der Waals surface area contributed by atoms with Crippen molar-refractivity contribution in [3.63, 3.8) is 0 Å². The van der Waals surface area contributed by atoms with Crippen LogP contribution >= 0.6 is 0 Å². The Kier molecular flexibility index (Phi) is 6.68. The first-order valence-corrected chi connectivity index (χ1v) is 13.8. The quantitative estimate of drug-likeness (QED) is 0.280. The molecule has 0 radical (unpaired) electrons. The zero-order chi connectivity index (χ0) is 26.2. The third-order valence-electron chi connectivity index (χ3n) is 6.32. The van der Waals surface area contributed by atoms with Gasteiger partial charge in [0.15, 0.2) is 9.84 Å². The van der Waals surface area contributed by atoms with Crippen molar-refractivity contribution < 1.29 is 26.3 Å². The molecule has 3 aromatic carbocycles. The molecule has 1 aliphatic carbocycles. The maximum absolute atomic E-state index is 13.8. The van der Waals surface area contributed by atoms with Crippen molar-refractivity contribution in [2.24, 2.45) is 5.92 Å². The lowest BCUT2D eigenvalue weighted by Gasteiger charge is -2.17. The summed E-state index contributed by atoms with van der Waals surface area (Å²) in [5, 5.41) is 3.81. The molecule has 1 saturated carbocycles. The molecule has 5 nitrogen and oxygen atoms in total. The molecule has 1 heterocycles. The largest absolute Gasteiger partial charge is 0.457 e. The van der Waals surface area contributed by atoms with Crippen molar-refractivity contribution in [1.29, 1.82) is 0 Å². The second-order valence-electron chi connectivity index (χ2n) is 9.31. The number of halogens is 3. The summed E-state index contributed by atoms with van der Waals surface area (Å²) in [6.07, 6.45) is 0.464. The number of hydrogen-bond acceptors (Lipinski definition) is 5. The molecule has 0 aliphatic heterocycles. The van der Waals surface area contributed by atoms with E-state index in [4.69, 9.17) is 4.74 Å². The van der Waals surface area contributed by atoms with E-state index in [9.17, 15) is 21.6 Å². The Hall–Kier alpha value is -3.43. The van der Waals surface area contributed by atoms with E-state index in [1.165, 1.54) is 37.2 Å². The lowest BCUT2D eigenvalue weighted by molar-refractivity contribution is -0.136. The number of ether oxygens (including phenoxy) is 1. The summed E-state index contributed by atoms with van der Waals surface area (Å²) in [6.45, 7) is 1.31. The molecule has 0 bridgehead atoms. The van der Waals surface area contributed by atoms with Crippen molar-refractivity contribution in [3.8, 4) is 22.6 Å². The van der Waals surface area contributed by atoms with Gasteiger partial charge in [-0.15, -0.1) is 0 Å². The Morgan fingerprint density at radius 1 is 1.00 bits per heavy atom. The third kappa shape index (κ3) is 5.78. The minimum Gasteiger partial charge on any atom is -0.457 e. The number of pyridine rings is 1. The Morgan fingerprint density at radius 3 is 2.41 bits per heavy atom. The van der Waals surface area contributed by atoms with Crippen LogP contribution in [0.5, 0.6) is 11.5 Å².